The third-order valence-corrected chi connectivity index (χ3v) is 19.7. The average Bonchev–Trinajstić information content (AvgIpc) is 3.01. The molecular formula is C40H60Cl2F3O5SSi2-. The predicted octanol–water partition coefficient (Wildman–Crippen LogP) is 9.26. The number of allylic oxidation sites excluding steroid dienone is 1. The monoisotopic (exact) mass is 835 g/mol. The van der Waals surface area contributed by atoms with Crippen LogP contribution in [0, 0.1) is 18.6 Å². The predicted molar refractivity (Wildman–Crippen MR) is 224 cm³/mol. The molecule has 0 aromatic heterocycles. The van der Waals surface area contributed by atoms with E-state index >= 15 is 0 Å². The van der Waals surface area contributed by atoms with Crippen LogP contribution in [-0.4, -0.2) is 55.9 Å². The first-order chi connectivity index (χ1) is 23.3. The zero-order chi connectivity index (χ0) is 39.3. The molecule has 13 heteroatoms. The van der Waals surface area contributed by atoms with Crippen LogP contribution in [0.5, 0.6) is 0 Å². The molecule has 0 saturated carbocycles. The highest BCUT2D eigenvalue weighted by Crippen LogP contribution is 2.38. The first-order valence-corrected chi connectivity index (χ1v) is 25.4. The summed E-state index contributed by atoms with van der Waals surface area (Å²) in [6, 6.07) is 19.1. The van der Waals surface area contributed by atoms with Crippen molar-refractivity contribution in [1.29, 1.82) is 0 Å². The Hall–Kier alpha value is -2.23. The average molecular weight is 837 g/mol. The summed E-state index contributed by atoms with van der Waals surface area (Å²) < 4.78 is 59.8. The summed E-state index contributed by atoms with van der Waals surface area (Å²) in [6.45, 7) is 24.8. The second kappa shape index (κ2) is 23.0. The zero-order valence-electron chi connectivity index (χ0n) is 32.3. The lowest BCUT2D eigenvalue weighted by Gasteiger charge is -2.36. The third-order valence-electron chi connectivity index (χ3n) is 9.18. The fourth-order valence-electron chi connectivity index (χ4n) is 3.70. The van der Waals surface area contributed by atoms with Crippen molar-refractivity contribution >= 4 is 59.1 Å². The van der Waals surface area contributed by atoms with E-state index in [9.17, 15) is 17.2 Å². The number of aliphatic hydroxyl groups is 1. The van der Waals surface area contributed by atoms with Crippen LogP contribution in [0.25, 0.3) is 11.1 Å². The number of hydrogen-bond acceptors (Lipinski definition) is 5. The van der Waals surface area contributed by atoms with E-state index < -0.39 is 25.7 Å². The van der Waals surface area contributed by atoms with Gasteiger partial charge < -0.3 is 18.7 Å². The Kier molecular flexibility index (Phi) is 22.9. The molecule has 0 amide bonds. The van der Waals surface area contributed by atoms with Gasteiger partial charge in [-0.25, -0.2) is 17.2 Å². The normalized spacial score (nSPS) is 12.7. The molecule has 0 aliphatic heterocycles. The highest BCUT2D eigenvalue weighted by Gasteiger charge is 2.38. The van der Waals surface area contributed by atoms with E-state index in [0.29, 0.717) is 19.1 Å². The minimum atomic E-state index is -3.55. The molecule has 0 aliphatic carbocycles. The number of benzene rings is 3. The molecule has 0 unspecified atom stereocenters. The van der Waals surface area contributed by atoms with Crippen LogP contribution in [0.15, 0.2) is 89.8 Å². The number of hydrogen-bond donors (Lipinski definition) is 1. The Labute approximate surface area is 329 Å². The van der Waals surface area contributed by atoms with Crippen LogP contribution in [0.3, 0.4) is 0 Å². The Morgan fingerprint density at radius 1 is 0.717 bits per heavy atom. The lowest BCUT2D eigenvalue weighted by atomic mass is 10.1. The molecule has 5 nitrogen and oxygen atoms in total. The summed E-state index contributed by atoms with van der Waals surface area (Å²) in [5, 5.41) is 9.45. The van der Waals surface area contributed by atoms with Crippen molar-refractivity contribution in [2.45, 2.75) is 97.1 Å². The van der Waals surface area contributed by atoms with Gasteiger partial charge in [-0.05, 0) is 102 Å². The Morgan fingerprint density at radius 2 is 1.06 bits per heavy atom. The van der Waals surface area contributed by atoms with Crippen molar-refractivity contribution in [3.05, 3.63) is 113 Å². The topological polar surface area (TPSA) is 72.8 Å². The van der Waals surface area contributed by atoms with Crippen molar-refractivity contribution in [2.75, 3.05) is 25.7 Å². The number of aryl methyl sites for hydroxylation is 1. The molecule has 3 aromatic rings. The molecule has 0 spiro atoms. The van der Waals surface area contributed by atoms with Crippen LogP contribution in [0.2, 0.25) is 36.3 Å². The molecule has 0 aliphatic rings. The highest BCUT2D eigenvalue weighted by atomic mass is 35.7. The molecule has 300 valence electrons. The molecule has 0 atom stereocenters. The molecule has 3 rings (SSSR count). The minimum absolute atomic E-state index is 0. The second-order valence-electron chi connectivity index (χ2n) is 15.2. The SMILES string of the molecule is C.CC(C)(C)[Si](C)(C)OC/C(=C\CCl)c1ccc(F)cc1.CC(C)(C)[Si](C)(C)OC/C(=C\CO)c1ccc(F)cc1.Cc1ccc(S(=O)(=O)Cl)cc1.[F-]. The van der Waals surface area contributed by atoms with Crippen molar-refractivity contribution in [3.63, 3.8) is 0 Å². The number of alkyl halides is 1. The molecule has 3 aromatic carbocycles. The van der Waals surface area contributed by atoms with Gasteiger partial charge in [-0.3, -0.25) is 0 Å². The lowest BCUT2D eigenvalue weighted by Crippen LogP contribution is -3.00. The smallest absolute Gasteiger partial charge is 0.261 e. The maximum atomic E-state index is 13.0. The van der Waals surface area contributed by atoms with E-state index in [1.165, 1.54) is 36.4 Å². The Balaban J connectivity index is 0. The van der Waals surface area contributed by atoms with Crippen LogP contribution in [0.4, 0.5) is 8.78 Å². The van der Waals surface area contributed by atoms with Gasteiger partial charge in [0, 0.05) is 16.6 Å². The number of aliphatic hydroxyl groups excluding tert-OH is 1. The quantitative estimate of drug-likeness (QED) is 0.119. The fourth-order valence-corrected chi connectivity index (χ4v) is 6.56. The Morgan fingerprint density at radius 3 is 1.34 bits per heavy atom. The van der Waals surface area contributed by atoms with E-state index in [4.69, 9.17) is 36.2 Å². The van der Waals surface area contributed by atoms with E-state index in [-0.39, 0.29) is 45.3 Å². The van der Waals surface area contributed by atoms with Crippen LogP contribution in [-0.2, 0) is 17.9 Å². The maximum absolute atomic E-state index is 13.0. The van der Waals surface area contributed by atoms with Crippen LogP contribution in [0.1, 0.15) is 65.7 Å². The highest BCUT2D eigenvalue weighted by molar-refractivity contribution is 8.13. The molecule has 1 N–H and O–H groups in total. The van der Waals surface area contributed by atoms with E-state index in [1.54, 1.807) is 42.5 Å². The zero-order valence-corrected chi connectivity index (χ0v) is 36.6. The van der Waals surface area contributed by atoms with Gasteiger partial charge in [0.1, 0.15) is 11.6 Å². The first kappa shape index (κ1) is 52.9. The molecule has 0 fully saturated rings. The van der Waals surface area contributed by atoms with Gasteiger partial charge in [0.25, 0.3) is 9.05 Å². The molecular weight excluding hydrogens is 777 g/mol. The molecule has 0 bridgehead atoms. The molecule has 53 heavy (non-hydrogen) atoms. The molecule has 0 saturated heterocycles. The van der Waals surface area contributed by atoms with Crippen LogP contribution >= 0.6 is 22.3 Å². The Bertz CT molecular complexity index is 1580. The van der Waals surface area contributed by atoms with Gasteiger partial charge >= 0.3 is 0 Å². The minimum Gasteiger partial charge on any atom is -1.00 e. The van der Waals surface area contributed by atoms with Gasteiger partial charge in [0.15, 0.2) is 16.6 Å². The maximum Gasteiger partial charge on any atom is 0.261 e. The van der Waals surface area contributed by atoms with Crippen molar-refractivity contribution in [2.24, 2.45) is 0 Å². The van der Waals surface area contributed by atoms with E-state index in [0.717, 1.165) is 27.8 Å². The van der Waals surface area contributed by atoms with Gasteiger partial charge in [-0.1, -0.05) is 103 Å². The standard InChI is InChI=1S/C16H24ClFOSi.C16H25FO2Si.C7H7ClO2S.CH4.FH/c1-16(2,3)20(4,5)19-12-14(10-11-17)13-6-8-15(18)9-7-13;1-16(2,3)20(4,5)19-12-14(10-11-18)13-6-8-15(17)9-7-13;1-6-2-4-7(5-3-6)11(8,9)10;;/h6-10H,11-12H2,1-5H3;6-10,18H,11-12H2,1-5H3;2-5H,1H3;1H4;1H/p-1/b2*14-10+;;;. The summed E-state index contributed by atoms with van der Waals surface area (Å²) in [7, 11) is -2.10. The summed E-state index contributed by atoms with van der Waals surface area (Å²) in [4.78, 5) is 0.143. The summed E-state index contributed by atoms with van der Waals surface area (Å²) in [5.41, 5.74) is 4.78. The fraction of sp³-hybridized carbons (Fsp3) is 0.450. The van der Waals surface area contributed by atoms with Gasteiger partial charge in [-0.2, -0.15) is 0 Å². The molecule has 0 radical (unpaired) electrons. The van der Waals surface area contributed by atoms with Crippen molar-refractivity contribution in [3.8, 4) is 0 Å². The third kappa shape index (κ3) is 18.8. The lowest BCUT2D eigenvalue weighted by molar-refractivity contribution is -0.0000172. The second-order valence-corrected chi connectivity index (χ2v) is 27.7. The summed E-state index contributed by atoms with van der Waals surface area (Å²) in [6.07, 6.45) is 3.66. The van der Waals surface area contributed by atoms with Gasteiger partial charge in [0.2, 0.25) is 0 Å². The number of halogens is 5. The van der Waals surface area contributed by atoms with Crippen molar-refractivity contribution in [1.82, 2.24) is 0 Å². The van der Waals surface area contributed by atoms with Gasteiger partial charge in [-0.15, -0.1) is 11.6 Å². The molecule has 0 heterocycles. The van der Waals surface area contributed by atoms with Gasteiger partial charge in [0.05, 0.1) is 24.7 Å². The first-order valence-electron chi connectivity index (χ1n) is 16.7. The summed E-state index contributed by atoms with van der Waals surface area (Å²) >= 11 is 5.82. The van der Waals surface area contributed by atoms with E-state index in [1.807, 2.05) is 13.0 Å². The van der Waals surface area contributed by atoms with Crippen LogP contribution < -0.4 is 4.70 Å². The number of rotatable bonds is 11. The van der Waals surface area contributed by atoms with E-state index in [2.05, 4.69) is 67.7 Å². The summed E-state index contributed by atoms with van der Waals surface area (Å²) in [5.74, 6) is -0.0696. The largest absolute Gasteiger partial charge is 1.00 e. The van der Waals surface area contributed by atoms with Crippen molar-refractivity contribution < 1.29 is 35.9 Å².